The molecule has 1 aromatic rings. The molecule has 1 rings (SSSR count). The van der Waals surface area contributed by atoms with Crippen molar-refractivity contribution in [1.29, 1.82) is 0 Å². The fraction of sp³-hybridized carbons (Fsp3) is 0.750. The van der Waals surface area contributed by atoms with E-state index in [4.69, 9.17) is 16.3 Å². The second kappa shape index (κ2) is 5.19. The summed E-state index contributed by atoms with van der Waals surface area (Å²) in [5, 5.41) is 4.02. The second-order valence-electron chi connectivity index (χ2n) is 2.95. The lowest BCUT2D eigenvalue weighted by Crippen LogP contribution is -2.13. The monoisotopic (exact) mass is 203 g/mol. The average molecular weight is 204 g/mol. The van der Waals surface area contributed by atoms with Gasteiger partial charge in [0.25, 0.3) is 0 Å². The van der Waals surface area contributed by atoms with Gasteiger partial charge in [-0.25, -0.2) is 9.67 Å². The topological polar surface area (TPSA) is 39.9 Å². The summed E-state index contributed by atoms with van der Waals surface area (Å²) in [6.45, 7) is 5.36. The van der Waals surface area contributed by atoms with E-state index in [2.05, 4.69) is 10.1 Å². The van der Waals surface area contributed by atoms with E-state index in [1.54, 1.807) is 4.68 Å². The lowest BCUT2D eigenvalue weighted by Gasteiger charge is -2.07. The van der Waals surface area contributed by atoms with Crippen LogP contribution in [0.1, 0.15) is 19.7 Å². The van der Waals surface area contributed by atoms with Gasteiger partial charge in [-0.1, -0.05) is 0 Å². The molecule has 0 amide bonds. The van der Waals surface area contributed by atoms with Crippen molar-refractivity contribution in [3.63, 3.8) is 0 Å². The van der Waals surface area contributed by atoms with Crippen molar-refractivity contribution < 1.29 is 4.74 Å². The zero-order valence-corrected chi connectivity index (χ0v) is 8.66. The highest BCUT2D eigenvalue weighted by atomic mass is 35.5. The van der Waals surface area contributed by atoms with Gasteiger partial charge in [0.1, 0.15) is 12.2 Å². The van der Waals surface area contributed by atoms with Crippen LogP contribution < -0.4 is 0 Å². The lowest BCUT2D eigenvalue weighted by atomic mass is 10.5. The molecule has 0 N–H and O–H groups in total. The molecule has 0 aliphatic heterocycles. The molecular weight excluding hydrogens is 190 g/mol. The zero-order chi connectivity index (χ0) is 9.68. The third-order valence-electron chi connectivity index (χ3n) is 1.57. The molecule has 0 aliphatic rings. The molecular formula is C8H14ClN3O. The van der Waals surface area contributed by atoms with Gasteiger partial charge in [0.2, 0.25) is 0 Å². The standard InChI is InChI=1S/C8H14ClN3O/c1-7(2)13-4-3-12-8(5-9)10-6-11-12/h6-7H,3-5H2,1-2H3. The maximum atomic E-state index is 5.65. The Kier molecular flexibility index (Phi) is 4.18. The summed E-state index contributed by atoms with van der Waals surface area (Å²) >= 11 is 5.65. The third-order valence-corrected chi connectivity index (χ3v) is 1.81. The van der Waals surface area contributed by atoms with Crippen molar-refractivity contribution in [2.45, 2.75) is 32.4 Å². The van der Waals surface area contributed by atoms with Crippen molar-refractivity contribution in [2.24, 2.45) is 0 Å². The highest BCUT2D eigenvalue weighted by Crippen LogP contribution is 1.98. The number of hydrogen-bond acceptors (Lipinski definition) is 3. The van der Waals surface area contributed by atoms with Gasteiger partial charge in [0, 0.05) is 0 Å². The van der Waals surface area contributed by atoms with Crippen LogP contribution in [-0.4, -0.2) is 27.5 Å². The minimum absolute atomic E-state index is 0.253. The molecule has 0 unspecified atom stereocenters. The largest absolute Gasteiger partial charge is 0.377 e. The fourth-order valence-corrected chi connectivity index (χ4v) is 1.16. The van der Waals surface area contributed by atoms with Crippen molar-refractivity contribution in [1.82, 2.24) is 14.8 Å². The average Bonchev–Trinajstić information content (AvgIpc) is 2.51. The van der Waals surface area contributed by atoms with Crippen LogP contribution in [-0.2, 0) is 17.2 Å². The molecule has 0 aliphatic carbocycles. The summed E-state index contributed by atoms with van der Waals surface area (Å²) in [5.74, 6) is 1.18. The SMILES string of the molecule is CC(C)OCCn1ncnc1CCl. The van der Waals surface area contributed by atoms with Crippen LogP contribution in [0, 0.1) is 0 Å². The number of hydrogen-bond donors (Lipinski definition) is 0. The van der Waals surface area contributed by atoms with Crippen LogP contribution in [0.5, 0.6) is 0 Å². The molecule has 4 nitrogen and oxygen atoms in total. The van der Waals surface area contributed by atoms with Crippen molar-refractivity contribution >= 4 is 11.6 Å². The van der Waals surface area contributed by atoms with Gasteiger partial charge in [-0.05, 0) is 13.8 Å². The first-order valence-electron chi connectivity index (χ1n) is 4.28. The van der Waals surface area contributed by atoms with Gasteiger partial charge in [-0.2, -0.15) is 5.10 Å². The lowest BCUT2D eigenvalue weighted by molar-refractivity contribution is 0.0705. The van der Waals surface area contributed by atoms with E-state index in [1.807, 2.05) is 13.8 Å². The van der Waals surface area contributed by atoms with Gasteiger partial charge < -0.3 is 4.74 Å². The highest BCUT2D eigenvalue weighted by Gasteiger charge is 2.02. The number of rotatable bonds is 5. The first-order valence-corrected chi connectivity index (χ1v) is 4.81. The summed E-state index contributed by atoms with van der Waals surface area (Å²) in [5.41, 5.74) is 0. The first kappa shape index (κ1) is 10.5. The van der Waals surface area contributed by atoms with Gasteiger partial charge in [0.05, 0.1) is 25.1 Å². The molecule has 0 fully saturated rings. The molecule has 0 aromatic carbocycles. The van der Waals surface area contributed by atoms with E-state index in [-0.39, 0.29) is 6.10 Å². The minimum atomic E-state index is 0.253. The summed E-state index contributed by atoms with van der Waals surface area (Å²) in [6.07, 6.45) is 1.76. The summed E-state index contributed by atoms with van der Waals surface area (Å²) in [7, 11) is 0. The number of alkyl halides is 1. The Hall–Kier alpha value is -0.610. The van der Waals surface area contributed by atoms with E-state index in [0.29, 0.717) is 19.0 Å². The summed E-state index contributed by atoms with van der Waals surface area (Å²) < 4.78 is 7.14. The summed E-state index contributed by atoms with van der Waals surface area (Å²) in [6, 6.07) is 0. The predicted molar refractivity (Wildman–Crippen MR) is 50.7 cm³/mol. The smallest absolute Gasteiger partial charge is 0.141 e. The van der Waals surface area contributed by atoms with E-state index in [1.165, 1.54) is 6.33 Å². The number of aromatic nitrogens is 3. The normalized spacial score (nSPS) is 11.1. The molecule has 13 heavy (non-hydrogen) atoms. The van der Waals surface area contributed by atoms with Gasteiger partial charge in [-0.15, -0.1) is 11.6 Å². The van der Waals surface area contributed by atoms with E-state index >= 15 is 0 Å². The molecule has 74 valence electrons. The number of nitrogens with zero attached hydrogens (tertiary/aromatic N) is 3. The van der Waals surface area contributed by atoms with Crippen LogP contribution in [0.4, 0.5) is 0 Å². The van der Waals surface area contributed by atoms with Gasteiger partial charge >= 0.3 is 0 Å². The fourth-order valence-electron chi connectivity index (χ4n) is 0.953. The Balaban J connectivity index is 2.36. The van der Waals surface area contributed by atoms with Crippen molar-refractivity contribution in [3.05, 3.63) is 12.2 Å². The molecule has 0 spiro atoms. The molecule has 0 radical (unpaired) electrons. The Labute approximate surface area is 82.9 Å². The zero-order valence-electron chi connectivity index (χ0n) is 7.90. The van der Waals surface area contributed by atoms with Crippen LogP contribution in [0.15, 0.2) is 6.33 Å². The molecule has 1 aromatic heterocycles. The Morgan fingerprint density at radius 1 is 1.62 bits per heavy atom. The third kappa shape index (κ3) is 3.32. The maximum Gasteiger partial charge on any atom is 0.141 e. The second-order valence-corrected chi connectivity index (χ2v) is 3.22. The molecule has 5 heteroatoms. The first-order chi connectivity index (χ1) is 6.24. The quantitative estimate of drug-likeness (QED) is 0.680. The Morgan fingerprint density at radius 3 is 3.00 bits per heavy atom. The van der Waals surface area contributed by atoms with Crippen LogP contribution in [0.25, 0.3) is 0 Å². The van der Waals surface area contributed by atoms with E-state index in [9.17, 15) is 0 Å². The van der Waals surface area contributed by atoms with Crippen LogP contribution in [0.2, 0.25) is 0 Å². The van der Waals surface area contributed by atoms with Crippen LogP contribution in [0.3, 0.4) is 0 Å². The molecule has 1 heterocycles. The van der Waals surface area contributed by atoms with Crippen molar-refractivity contribution in [2.75, 3.05) is 6.61 Å². The number of ether oxygens (including phenoxy) is 1. The molecule has 0 atom stereocenters. The highest BCUT2D eigenvalue weighted by molar-refractivity contribution is 6.16. The molecule has 0 saturated carbocycles. The number of halogens is 1. The van der Waals surface area contributed by atoms with E-state index < -0.39 is 0 Å². The summed E-state index contributed by atoms with van der Waals surface area (Å²) in [4.78, 5) is 4.00. The molecule has 0 bridgehead atoms. The molecule has 0 saturated heterocycles. The maximum absolute atomic E-state index is 5.65. The Bertz CT molecular complexity index is 249. The van der Waals surface area contributed by atoms with Gasteiger partial charge in [-0.3, -0.25) is 0 Å². The predicted octanol–water partition coefficient (Wildman–Crippen LogP) is 1.44. The Morgan fingerprint density at radius 2 is 2.38 bits per heavy atom. The van der Waals surface area contributed by atoms with E-state index in [0.717, 1.165) is 5.82 Å². The van der Waals surface area contributed by atoms with Crippen molar-refractivity contribution in [3.8, 4) is 0 Å². The van der Waals surface area contributed by atoms with Gasteiger partial charge in [0.15, 0.2) is 0 Å². The minimum Gasteiger partial charge on any atom is -0.377 e. The van der Waals surface area contributed by atoms with Crippen LogP contribution >= 0.6 is 11.6 Å².